The number of hydrogen-bond acceptors (Lipinski definition) is 4. The molecule has 2 fully saturated rings. The number of carbonyl (C=O) groups is 1. The Morgan fingerprint density at radius 1 is 1.12 bits per heavy atom. The van der Waals surface area contributed by atoms with Crippen molar-refractivity contribution in [2.75, 3.05) is 31.2 Å². The standard InChI is InChI=1S/C26H27FN4O2/c1-29-14-20(13-28-29)18-6-7-19(23(27)12-18)15-31-24-5-3-2-4-22(24)26(25(31)32)8-10-30(11-9-26)21-16-33-17-21/h2-7,12-14,21H,8-11,15-17H2,1H3. The first-order valence-corrected chi connectivity index (χ1v) is 11.6. The Kier molecular flexibility index (Phi) is 4.85. The SMILES string of the molecule is Cn1cc(-c2ccc(CN3C(=O)C4(CCN(C5COC5)CC4)c4ccccc43)c(F)c2)cn1. The Labute approximate surface area is 192 Å². The van der Waals surface area contributed by atoms with Crippen molar-refractivity contribution >= 4 is 11.6 Å². The van der Waals surface area contributed by atoms with Crippen molar-refractivity contribution in [3.05, 3.63) is 71.8 Å². The summed E-state index contributed by atoms with van der Waals surface area (Å²) in [7, 11) is 1.84. The van der Waals surface area contributed by atoms with Crippen molar-refractivity contribution in [3.63, 3.8) is 0 Å². The molecule has 1 spiro atoms. The van der Waals surface area contributed by atoms with Gasteiger partial charge in [-0.3, -0.25) is 14.4 Å². The Hall–Kier alpha value is -3.03. The molecule has 2 aromatic carbocycles. The van der Waals surface area contributed by atoms with Crippen LogP contribution in [0.5, 0.6) is 0 Å². The van der Waals surface area contributed by atoms with E-state index in [1.54, 1.807) is 21.8 Å². The summed E-state index contributed by atoms with van der Waals surface area (Å²) in [5, 5.41) is 4.17. The zero-order valence-corrected chi connectivity index (χ0v) is 18.7. The predicted molar refractivity (Wildman–Crippen MR) is 123 cm³/mol. The lowest BCUT2D eigenvalue weighted by Gasteiger charge is -2.44. The number of anilines is 1. The summed E-state index contributed by atoms with van der Waals surface area (Å²) in [4.78, 5) is 18.1. The fourth-order valence-corrected chi connectivity index (χ4v) is 5.54. The monoisotopic (exact) mass is 446 g/mol. The van der Waals surface area contributed by atoms with Crippen molar-refractivity contribution in [2.24, 2.45) is 7.05 Å². The van der Waals surface area contributed by atoms with E-state index in [0.29, 0.717) is 11.6 Å². The van der Waals surface area contributed by atoms with Crippen molar-refractivity contribution in [3.8, 4) is 11.1 Å². The van der Waals surface area contributed by atoms with Crippen LogP contribution in [0.4, 0.5) is 10.1 Å². The largest absolute Gasteiger partial charge is 0.378 e. The van der Waals surface area contributed by atoms with Crippen LogP contribution in [0.1, 0.15) is 24.0 Å². The number of ether oxygens (including phenoxy) is 1. The summed E-state index contributed by atoms with van der Waals surface area (Å²) in [6, 6.07) is 13.8. The van der Waals surface area contributed by atoms with Crippen LogP contribution in [0, 0.1) is 5.82 Å². The molecule has 0 unspecified atom stereocenters. The first-order valence-electron chi connectivity index (χ1n) is 11.6. The lowest BCUT2D eigenvalue weighted by molar-refractivity contribution is -0.127. The van der Waals surface area contributed by atoms with Gasteiger partial charge in [0.2, 0.25) is 5.91 Å². The number of nitrogens with zero attached hydrogens (tertiary/aromatic N) is 4. The number of rotatable bonds is 4. The first-order chi connectivity index (χ1) is 16.0. The molecule has 0 saturated carbocycles. The van der Waals surface area contributed by atoms with Gasteiger partial charge in [-0.15, -0.1) is 0 Å². The van der Waals surface area contributed by atoms with E-state index in [-0.39, 0.29) is 18.3 Å². The third-order valence-corrected chi connectivity index (χ3v) is 7.57. The van der Waals surface area contributed by atoms with E-state index in [0.717, 1.165) is 61.5 Å². The molecule has 3 aromatic rings. The number of aryl methyl sites for hydroxylation is 1. The lowest BCUT2D eigenvalue weighted by Crippen LogP contribution is -2.56. The number of hydrogen-bond donors (Lipinski definition) is 0. The summed E-state index contributed by atoms with van der Waals surface area (Å²) < 4.78 is 22.2. The van der Waals surface area contributed by atoms with Gasteiger partial charge in [-0.25, -0.2) is 4.39 Å². The number of carbonyl (C=O) groups excluding carboxylic acids is 1. The highest BCUT2D eigenvalue weighted by Crippen LogP contribution is 2.48. The zero-order valence-electron chi connectivity index (χ0n) is 18.7. The molecule has 0 atom stereocenters. The van der Waals surface area contributed by atoms with Crippen LogP contribution in [0.15, 0.2) is 54.9 Å². The van der Waals surface area contributed by atoms with Gasteiger partial charge in [-0.1, -0.05) is 30.3 Å². The number of para-hydroxylation sites is 1. The normalized spacial score (nSPS) is 20.3. The quantitative estimate of drug-likeness (QED) is 0.616. The molecule has 6 rings (SSSR count). The van der Waals surface area contributed by atoms with Gasteiger partial charge in [0.05, 0.1) is 37.4 Å². The fraction of sp³-hybridized carbons (Fsp3) is 0.385. The molecular weight excluding hydrogens is 419 g/mol. The zero-order chi connectivity index (χ0) is 22.6. The second kappa shape index (κ2) is 7.78. The highest BCUT2D eigenvalue weighted by Gasteiger charge is 2.52. The number of fused-ring (bicyclic) bond motifs is 2. The molecule has 2 saturated heterocycles. The average molecular weight is 447 g/mol. The second-order valence-corrected chi connectivity index (χ2v) is 9.43. The molecule has 0 aliphatic carbocycles. The number of piperidine rings is 1. The van der Waals surface area contributed by atoms with Crippen molar-refractivity contribution in [2.45, 2.75) is 30.8 Å². The molecule has 0 radical (unpaired) electrons. The van der Waals surface area contributed by atoms with Crippen LogP contribution in [0.3, 0.4) is 0 Å². The van der Waals surface area contributed by atoms with E-state index in [4.69, 9.17) is 4.74 Å². The third kappa shape index (κ3) is 3.30. The minimum Gasteiger partial charge on any atom is -0.378 e. The summed E-state index contributed by atoms with van der Waals surface area (Å²) in [6.07, 6.45) is 5.16. The van der Waals surface area contributed by atoms with Crippen LogP contribution in [0.2, 0.25) is 0 Å². The van der Waals surface area contributed by atoms with E-state index in [1.807, 2.05) is 37.5 Å². The molecule has 3 aliphatic rings. The molecule has 170 valence electrons. The van der Waals surface area contributed by atoms with Gasteiger partial charge in [0, 0.05) is 30.1 Å². The molecule has 33 heavy (non-hydrogen) atoms. The molecule has 4 heterocycles. The van der Waals surface area contributed by atoms with Gasteiger partial charge >= 0.3 is 0 Å². The number of benzene rings is 2. The summed E-state index contributed by atoms with van der Waals surface area (Å²) in [5.74, 6) is -0.202. The maximum Gasteiger partial charge on any atom is 0.238 e. The smallest absolute Gasteiger partial charge is 0.238 e. The molecule has 7 heteroatoms. The summed E-state index contributed by atoms with van der Waals surface area (Å²) in [5.41, 5.74) is 3.66. The number of halogens is 1. The molecule has 1 aromatic heterocycles. The van der Waals surface area contributed by atoms with E-state index in [1.165, 1.54) is 6.07 Å². The second-order valence-electron chi connectivity index (χ2n) is 9.43. The maximum absolute atomic E-state index is 15.1. The van der Waals surface area contributed by atoms with E-state index in [9.17, 15) is 4.79 Å². The number of aromatic nitrogens is 2. The van der Waals surface area contributed by atoms with Gasteiger partial charge in [-0.05, 0) is 49.2 Å². The van der Waals surface area contributed by atoms with Gasteiger partial charge in [0.1, 0.15) is 5.82 Å². The van der Waals surface area contributed by atoms with Gasteiger partial charge in [0.25, 0.3) is 0 Å². The molecule has 1 amide bonds. The van der Waals surface area contributed by atoms with Gasteiger partial charge in [0.15, 0.2) is 0 Å². The lowest BCUT2D eigenvalue weighted by atomic mass is 9.73. The maximum atomic E-state index is 15.1. The Balaban J connectivity index is 1.27. The Morgan fingerprint density at radius 2 is 1.91 bits per heavy atom. The number of likely N-dealkylation sites (tertiary alicyclic amines) is 1. The van der Waals surface area contributed by atoms with Crippen LogP contribution in [-0.4, -0.2) is 52.9 Å². The highest BCUT2D eigenvalue weighted by atomic mass is 19.1. The van der Waals surface area contributed by atoms with Crippen molar-refractivity contribution in [1.82, 2.24) is 14.7 Å². The fourth-order valence-electron chi connectivity index (χ4n) is 5.54. The molecular formula is C26H27FN4O2. The van der Waals surface area contributed by atoms with Gasteiger partial charge in [-0.2, -0.15) is 5.10 Å². The molecule has 6 nitrogen and oxygen atoms in total. The van der Waals surface area contributed by atoms with Crippen molar-refractivity contribution in [1.29, 1.82) is 0 Å². The van der Waals surface area contributed by atoms with E-state index >= 15 is 4.39 Å². The predicted octanol–water partition coefficient (Wildman–Crippen LogP) is 3.51. The van der Waals surface area contributed by atoms with Crippen molar-refractivity contribution < 1.29 is 13.9 Å². The highest BCUT2D eigenvalue weighted by molar-refractivity contribution is 6.08. The summed E-state index contributed by atoms with van der Waals surface area (Å²) >= 11 is 0. The van der Waals surface area contributed by atoms with E-state index in [2.05, 4.69) is 16.1 Å². The first kappa shape index (κ1) is 20.6. The average Bonchev–Trinajstić information content (AvgIpc) is 3.32. The topological polar surface area (TPSA) is 50.6 Å². The Morgan fingerprint density at radius 3 is 2.58 bits per heavy atom. The third-order valence-electron chi connectivity index (χ3n) is 7.57. The number of amides is 1. The van der Waals surface area contributed by atoms with E-state index < -0.39 is 5.41 Å². The molecule has 3 aliphatic heterocycles. The molecule has 0 N–H and O–H groups in total. The summed E-state index contributed by atoms with van der Waals surface area (Å²) in [6.45, 7) is 3.58. The van der Waals surface area contributed by atoms with Crippen LogP contribution in [0.25, 0.3) is 11.1 Å². The van der Waals surface area contributed by atoms with Crippen LogP contribution >= 0.6 is 0 Å². The Bertz CT molecular complexity index is 1210. The van der Waals surface area contributed by atoms with Crippen LogP contribution < -0.4 is 4.90 Å². The molecule has 0 bridgehead atoms. The minimum absolute atomic E-state index is 0.101. The minimum atomic E-state index is -0.510. The van der Waals surface area contributed by atoms with Gasteiger partial charge < -0.3 is 9.64 Å². The van der Waals surface area contributed by atoms with Crippen LogP contribution in [-0.2, 0) is 28.5 Å².